The smallest absolute Gasteiger partial charge is 0.244 e. The van der Waals surface area contributed by atoms with Crippen LogP contribution in [0.15, 0.2) is 46.5 Å². The van der Waals surface area contributed by atoms with Gasteiger partial charge in [0, 0.05) is 25.0 Å². The maximum absolute atomic E-state index is 12.7. The van der Waals surface area contributed by atoms with Crippen LogP contribution in [-0.2, 0) is 14.8 Å². The summed E-state index contributed by atoms with van der Waals surface area (Å²) in [5.41, 5.74) is 0.564. The van der Waals surface area contributed by atoms with Gasteiger partial charge < -0.3 is 10.1 Å². The van der Waals surface area contributed by atoms with Crippen molar-refractivity contribution in [3.63, 3.8) is 0 Å². The number of methoxy groups -OCH3 is 1. The van der Waals surface area contributed by atoms with E-state index in [1.165, 1.54) is 29.4 Å². The SMILES string of the molecule is COc1ccc(NC(=O)C(C)Sc2ccc(S(=O)(=O)N3CCCCC3)cn2)cc1Cl. The number of sulfonamides is 1. The molecule has 2 heterocycles. The number of carbonyl (C=O) groups is 1. The molecule has 3 rings (SSSR count). The van der Waals surface area contributed by atoms with Gasteiger partial charge in [0.15, 0.2) is 0 Å². The average Bonchev–Trinajstić information content (AvgIpc) is 2.75. The number of piperidine rings is 1. The van der Waals surface area contributed by atoms with Crippen LogP contribution in [0.4, 0.5) is 5.69 Å². The summed E-state index contributed by atoms with van der Waals surface area (Å²) in [7, 11) is -1.99. The van der Waals surface area contributed by atoms with Crippen LogP contribution in [0.5, 0.6) is 5.75 Å². The molecule has 0 saturated carbocycles. The summed E-state index contributed by atoms with van der Waals surface area (Å²) < 4.78 is 32.0. The number of thioether (sulfide) groups is 1. The third-order valence-electron chi connectivity index (χ3n) is 4.75. The fourth-order valence-electron chi connectivity index (χ4n) is 3.07. The average molecular weight is 470 g/mol. The van der Waals surface area contributed by atoms with Gasteiger partial charge in [-0.25, -0.2) is 13.4 Å². The third-order valence-corrected chi connectivity index (χ3v) is 7.98. The second-order valence-electron chi connectivity index (χ2n) is 6.90. The van der Waals surface area contributed by atoms with Crippen molar-refractivity contribution < 1.29 is 17.9 Å². The molecule has 1 aromatic carbocycles. The molecule has 0 aliphatic carbocycles. The van der Waals surface area contributed by atoms with Crippen molar-refractivity contribution in [1.29, 1.82) is 0 Å². The lowest BCUT2D eigenvalue weighted by Crippen LogP contribution is -2.35. The molecule has 1 unspecified atom stereocenters. The normalized spacial score (nSPS) is 16.1. The highest BCUT2D eigenvalue weighted by Crippen LogP contribution is 2.29. The predicted molar refractivity (Wildman–Crippen MR) is 119 cm³/mol. The molecule has 1 amide bonds. The molecule has 0 radical (unpaired) electrons. The van der Waals surface area contributed by atoms with Gasteiger partial charge >= 0.3 is 0 Å². The molecule has 2 aromatic rings. The van der Waals surface area contributed by atoms with E-state index in [9.17, 15) is 13.2 Å². The number of nitrogens with zero attached hydrogens (tertiary/aromatic N) is 2. The van der Waals surface area contributed by atoms with E-state index >= 15 is 0 Å². The molecule has 0 bridgehead atoms. The first kappa shape index (κ1) is 22.9. The molecule has 1 saturated heterocycles. The second kappa shape index (κ2) is 10.00. The molecule has 1 atom stereocenters. The molecular weight excluding hydrogens is 446 g/mol. The van der Waals surface area contributed by atoms with Gasteiger partial charge in [-0.3, -0.25) is 4.79 Å². The molecule has 1 aliphatic rings. The molecule has 30 heavy (non-hydrogen) atoms. The zero-order valence-electron chi connectivity index (χ0n) is 16.8. The van der Waals surface area contributed by atoms with Crippen LogP contribution in [-0.4, -0.2) is 49.1 Å². The van der Waals surface area contributed by atoms with E-state index in [-0.39, 0.29) is 10.8 Å². The molecule has 1 N–H and O–H groups in total. The van der Waals surface area contributed by atoms with Gasteiger partial charge in [0.1, 0.15) is 10.6 Å². The van der Waals surface area contributed by atoms with E-state index in [4.69, 9.17) is 16.3 Å². The van der Waals surface area contributed by atoms with Crippen LogP contribution in [0, 0.1) is 0 Å². The Kier molecular flexibility index (Phi) is 7.62. The first-order chi connectivity index (χ1) is 14.3. The number of hydrogen-bond acceptors (Lipinski definition) is 6. The van der Waals surface area contributed by atoms with E-state index in [1.807, 2.05) is 0 Å². The number of amides is 1. The summed E-state index contributed by atoms with van der Waals surface area (Å²) in [5.74, 6) is 0.314. The molecule has 7 nitrogen and oxygen atoms in total. The van der Waals surface area contributed by atoms with Gasteiger partial charge in [0.2, 0.25) is 15.9 Å². The number of hydrogen-bond donors (Lipinski definition) is 1. The summed E-state index contributed by atoms with van der Waals surface area (Å²) in [4.78, 5) is 16.9. The number of ether oxygens (including phenoxy) is 1. The fourth-order valence-corrected chi connectivity index (χ4v) is 5.58. The minimum Gasteiger partial charge on any atom is -0.495 e. The highest BCUT2D eigenvalue weighted by Gasteiger charge is 2.26. The van der Waals surface area contributed by atoms with E-state index in [0.29, 0.717) is 34.6 Å². The van der Waals surface area contributed by atoms with Crippen molar-refractivity contribution >= 4 is 45.0 Å². The van der Waals surface area contributed by atoms with Gasteiger partial charge in [-0.15, -0.1) is 0 Å². The van der Waals surface area contributed by atoms with Gasteiger partial charge in [-0.2, -0.15) is 4.31 Å². The standard InChI is InChI=1S/C20H24ClN3O4S2/c1-14(20(25)23-15-6-8-18(28-2)17(21)12-15)29-19-9-7-16(13-22-19)30(26,27)24-10-4-3-5-11-24/h6-9,12-14H,3-5,10-11H2,1-2H3,(H,23,25). The Morgan fingerprint density at radius 1 is 1.23 bits per heavy atom. The molecule has 162 valence electrons. The lowest BCUT2D eigenvalue weighted by atomic mass is 10.2. The minimum atomic E-state index is -3.51. The molecule has 0 spiro atoms. The van der Waals surface area contributed by atoms with Crippen molar-refractivity contribution in [1.82, 2.24) is 9.29 Å². The monoisotopic (exact) mass is 469 g/mol. The van der Waals surface area contributed by atoms with Crippen molar-refractivity contribution in [2.24, 2.45) is 0 Å². The third kappa shape index (κ3) is 5.46. The van der Waals surface area contributed by atoms with Crippen molar-refractivity contribution in [2.75, 3.05) is 25.5 Å². The zero-order valence-corrected chi connectivity index (χ0v) is 19.2. The Bertz CT molecular complexity index is 994. The molecule has 10 heteroatoms. The van der Waals surface area contributed by atoms with Crippen LogP contribution >= 0.6 is 23.4 Å². The summed E-state index contributed by atoms with van der Waals surface area (Å²) in [5, 5.41) is 3.34. The Morgan fingerprint density at radius 3 is 2.57 bits per heavy atom. The number of nitrogens with one attached hydrogen (secondary N) is 1. The number of aromatic nitrogens is 1. The fraction of sp³-hybridized carbons (Fsp3) is 0.400. The summed E-state index contributed by atoms with van der Waals surface area (Å²) >= 11 is 7.33. The van der Waals surface area contributed by atoms with Crippen LogP contribution in [0.1, 0.15) is 26.2 Å². The number of pyridine rings is 1. The molecule has 1 aromatic heterocycles. The van der Waals surface area contributed by atoms with Crippen molar-refractivity contribution in [3.05, 3.63) is 41.6 Å². The second-order valence-corrected chi connectivity index (χ2v) is 10.6. The number of carbonyl (C=O) groups excluding carboxylic acids is 1. The van der Waals surface area contributed by atoms with Crippen LogP contribution in [0.3, 0.4) is 0 Å². The van der Waals surface area contributed by atoms with Gasteiger partial charge in [-0.1, -0.05) is 29.8 Å². The minimum absolute atomic E-state index is 0.179. The summed E-state index contributed by atoms with van der Waals surface area (Å²) in [6.45, 7) is 2.85. The van der Waals surface area contributed by atoms with Crippen molar-refractivity contribution in [2.45, 2.75) is 41.4 Å². The zero-order chi connectivity index (χ0) is 21.7. The first-order valence-corrected chi connectivity index (χ1v) is 12.3. The number of halogens is 1. The number of benzene rings is 1. The number of anilines is 1. The molecular formula is C20H24ClN3O4S2. The Morgan fingerprint density at radius 2 is 1.97 bits per heavy atom. The first-order valence-electron chi connectivity index (χ1n) is 9.58. The molecule has 1 fully saturated rings. The van der Waals surface area contributed by atoms with E-state index < -0.39 is 15.3 Å². The maximum atomic E-state index is 12.7. The summed E-state index contributed by atoms with van der Waals surface area (Å²) in [6, 6.07) is 8.19. The van der Waals surface area contributed by atoms with Crippen LogP contribution in [0.25, 0.3) is 0 Å². The Hall–Kier alpha value is -1.81. The Balaban J connectivity index is 1.61. The van der Waals surface area contributed by atoms with E-state index in [0.717, 1.165) is 19.3 Å². The highest BCUT2D eigenvalue weighted by atomic mass is 35.5. The van der Waals surface area contributed by atoms with Crippen molar-refractivity contribution in [3.8, 4) is 5.75 Å². The van der Waals surface area contributed by atoms with Gasteiger partial charge in [-0.05, 0) is 50.1 Å². The largest absolute Gasteiger partial charge is 0.495 e. The predicted octanol–water partition coefficient (Wildman–Crippen LogP) is 4.04. The lowest BCUT2D eigenvalue weighted by molar-refractivity contribution is -0.115. The van der Waals surface area contributed by atoms with Gasteiger partial charge in [0.05, 0.1) is 22.4 Å². The van der Waals surface area contributed by atoms with E-state index in [1.54, 1.807) is 37.3 Å². The lowest BCUT2D eigenvalue weighted by Gasteiger charge is -2.25. The van der Waals surface area contributed by atoms with Crippen LogP contribution in [0.2, 0.25) is 5.02 Å². The van der Waals surface area contributed by atoms with E-state index in [2.05, 4.69) is 10.3 Å². The highest BCUT2D eigenvalue weighted by molar-refractivity contribution is 8.00. The summed E-state index contributed by atoms with van der Waals surface area (Å²) in [6.07, 6.45) is 4.18. The molecule has 1 aliphatic heterocycles. The maximum Gasteiger partial charge on any atom is 0.244 e. The van der Waals surface area contributed by atoms with Crippen LogP contribution < -0.4 is 10.1 Å². The topological polar surface area (TPSA) is 88.6 Å². The Labute approximate surface area is 186 Å². The number of rotatable bonds is 7. The van der Waals surface area contributed by atoms with Gasteiger partial charge in [0.25, 0.3) is 0 Å². The quantitative estimate of drug-likeness (QED) is 0.615.